The van der Waals surface area contributed by atoms with E-state index in [-0.39, 0.29) is 24.1 Å². The van der Waals surface area contributed by atoms with Crippen LogP contribution < -0.4 is 15.8 Å². The van der Waals surface area contributed by atoms with Gasteiger partial charge in [-0.1, -0.05) is 24.3 Å². The van der Waals surface area contributed by atoms with Gasteiger partial charge in [-0.3, -0.25) is 14.8 Å². The lowest BCUT2D eigenvalue weighted by atomic mass is 9.93. The number of carbonyl (C=O) groups excluding carboxylic acids is 1. The van der Waals surface area contributed by atoms with Crippen LogP contribution in [0, 0.1) is 12.3 Å². The smallest absolute Gasteiger partial charge is 0.337 e. The van der Waals surface area contributed by atoms with Gasteiger partial charge in [-0.15, -0.1) is 0 Å². The Labute approximate surface area is 210 Å². The zero-order valence-corrected chi connectivity index (χ0v) is 21.2. The molecule has 2 heterocycles. The number of anilines is 1. The van der Waals surface area contributed by atoms with Crippen LogP contribution in [0.3, 0.4) is 0 Å². The molecule has 0 unspecified atom stereocenters. The molecular formula is C28H32N4O4. The number of nitrogens with two attached hydrogens (primary N) is 1. The minimum atomic E-state index is -0.946. The molecule has 0 atom stereocenters. The van der Waals surface area contributed by atoms with Crippen molar-refractivity contribution in [3.05, 3.63) is 72.1 Å². The van der Waals surface area contributed by atoms with Gasteiger partial charge in [0.2, 0.25) is 5.91 Å². The zero-order chi connectivity index (χ0) is 26.5. The number of nitrogens with one attached hydrogen (secondary N) is 1. The van der Waals surface area contributed by atoms with Crippen LogP contribution in [0.5, 0.6) is 5.75 Å². The zero-order valence-electron chi connectivity index (χ0n) is 21.2. The van der Waals surface area contributed by atoms with Crippen molar-refractivity contribution in [1.82, 2.24) is 15.3 Å². The second kappa shape index (κ2) is 11.0. The number of para-hydroxylation sites is 1. The Bertz CT molecular complexity index is 1400. The van der Waals surface area contributed by atoms with Gasteiger partial charge in [0.15, 0.2) is 0 Å². The Hall–Kier alpha value is -4.20. The number of ether oxygens (including phenoxy) is 1. The van der Waals surface area contributed by atoms with Gasteiger partial charge < -0.3 is 20.9 Å². The molecule has 0 fully saturated rings. The second-order valence-electron chi connectivity index (χ2n) is 9.53. The van der Waals surface area contributed by atoms with Crippen LogP contribution in [0.15, 0.2) is 60.8 Å². The van der Waals surface area contributed by atoms with Gasteiger partial charge in [0.25, 0.3) is 0 Å². The van der Waals surface area contributed by atoms with Crippen LogP contribution in [0.1, 0.15) is 43.7 Å². The molecule has 2 aromatic carbocycles. The molecule has 8 nitrogen and oxygen atoms in total. The van der Waals surface area contributed by atoms with Gasteiger partial charge in [0, 0.05) is 29.0 Å². The fraction of sp³-hybridized carbons (Fsp3) is 0.286. The van der Waals surface area contributed by atoms with E-state index in [9.17, 15) is 9.59 Å². The second-order valence-corrected chi connectivity index (χ2v) is 9.53. The highest BCUT2D eigenvalue weighted by Gasteiger charge is 2.29. The van der Waals surface area contributed by atoms with E-state index in [1.165, 1.54) is 6.20 Å². The summed E-state index contributed by atoms with van der Waals surface area (Å²) in [5.74, 6) is -0.328. The molecule has 1 amide bonds. The molecule has 0 spiro atoms. The molecule has 0 saturated carbocycles. The summed E-state index contributed by atoms with van der Waals surface area (Å²) in [6.07, 6.45) is 1.37. The molecule has 0 saturated heterocycles. The molecule has 188 valence electrons. The third kappa shape index (κ3) is 6.47. The third-order valence-electron chi connectivity index (χ3n) is 5.41. The van der Waals surface area contributed by atoms with Crippen molar-refractivity contribution >= 4 is 39.4 Å². The molecule has 0 aliphatic rings. The standard InChI is InChI=1S/C18H25N3O2.C10H7NO2/c1-11(2)20-17(22)18(4,5)10-23-15-8-6-7-14-16(15)13(19)9-12(3)21-14;12-10(13)8-5-7-3-1-2-4-9(7)11-6-8/h6-9,11H,10H2,1-5H3,(H2,19,21)(H,20,22);1-6H,(H,12,13). The maximum Gasteiger partial charge on any atom is 0.337 e. The molecule has 0 radical (unpaired) electrons. The highest BCUT2D eigenvalue weighted by atomic mass is 16.5. The Morgan fingerprint density at radius 3 is 2.47 bits per heavy atom. The van der Waals surface area contributed by atoms with Gasteiger partial charge in [-0.25, -0.2) is 4.79 Å². The number of carbonyl (C=O) groups is 2. The maximum absolute atomic E-state index is 12.2. The van der Waals surface area contributed by atoms with E-state index in [1.54, 1.807) is 6.07 Å². The number of benzene rings is 2. The average molecular weight is 489 g/mol. The number of aromatic nitrogens is 2. The Balaban J connectivity index is 0.000000233. The SMILES string of the molecule is Cc1cc(N)c2c(OCC(C)(C)C(=O)NC(C)C)cccc2n1.O=C(O)c1cnc2ccccc2c1. The van der Waals surface area contributed by atoms with Crippen molar-refractivity contribution in [1.29, 1.82) is 0 Å². The van der Waals surface area contributed by atoms with Crippen molar-refractivity contribution in [2.45, 2.75) is 40.7 Å². The Kier molecular flexibility index (Phi) is 8.09. The molecule has 0 bridgehead atoms. The van der Waals surface area contributed by atoms with Crippen molar-refractivity contribution in [2.75, 3.05) is 12.3 Å². The fourth-order valence-electron chi connectivity index (χ4n) is 3.51. The molecular weight excluding hydrogens is 456 g/mol. The number of rotatable bonds is 6. The van der Waals surface area contributed by atoms with E-state index in [2.05, 4.69) is 15.3 Å². The van der Waals surface area contributed by atoms with Gasteiger partial charge in [0.05, 0.1) is 27.4 Å². The van der Waals surface area contributed by atoms with Crippen molar-refractivity contribution in [2.24, 2.45) is 5.41 Å². The summed E-state index contributed by atoms with van der Waals surface area (Å²) >= 11 is 0. The number of nitrogens with zero attached hydrogens (tertiary/aromatic N) is 2. The minimum absolute atomic E-state index is 0.0327. The van der Waals surface area contributed by atoms with Crippen LogP contribution in [0.2, 0.25) is 0 Å². The van der Waals surface area contributed by atoms with Crippen molar-refractivity contribution in [3.63, 3.8) is 0 Å². The molecule has 8 heteroatoms. The predicted octanol–water partition coefficient (Wildman–Crippen LogP) is 4.99. The van der Waals surface area contributed by atoms with Gasteiger partial charge in [-0.05, 0) is 65.0 Å². The largest absolute Gasteiger partial charge is 0.492 e. The highest BCUT2D eigenvalue weighted by Crippen LogP contribution is 2.31. The first-order valence-electron chi connectivity index (χ1n) is 11.7. The van der Waals surface area contributed by atoms with Crippen LogP contribution in [-0.4, -0.2) is 39.6 Å². The number of carboxylic acids is 1. The summed E-state index contributed by atoms with van der Waals surface area (Å²) in [5.41, 5.74) is 8.81. The van der Waals surface area contributed by atoms with E-state index in [4.69, 9.17) is 15.6 Å². The number of amides is 1. The van der Waals surface area contributed by atoms with Crippen LogP contribution in [0.4, 0.5) is 5.69 Å². The molecule has 0 aliphatic heterocycles. The number of fused-ring (bicyclic) bond motifs is 2. The van der Waals surface area contributed by atoms with E-state index < -0.39 is 11.4 Å². The topological polar surface area (TPSA) is 127 Å². The predicted molar refractivity (Wildman–Crippen MR) is 142 cm³/mol. The number of carboxylic acid groups (broad SMARTS) is 1. The first kappa shape index (κ1) is 26.4. The lowest BCUT2D eigenvalue weighted by molar-refractivity contribution is -0.131. The third-order valence-corrected chi connectivity index (χ3v) is 5.41. The lowest BCUT2D eigenvalue weighted by Crippen LogP contribution is -2.43. The van der Waals surface area contributed by atoms with Gasteiger partial charge in [0.1, 0.15) is 12.4 Å². The Morgan fingerprint density at radius 2 is 1.78 bits per heavy atom. The quantitative estimate of drug-likeness (QED) is 0.349. The van der Waals surface area contributed by atoms with Crippen LogP contribution >= 0.6 is 0 Å². The van der Waals surface area contributed by atoms with E-state index in [0.29, 0.717) is 11.4 Å². The van der Waals surface area contributed by atoms with E-state index in [1.807, 2.05) is 83.1 Å². The van der Waals surface area contributed by atoms with Crippen molar-refractivity contribution < 1.29 is 19.4 Å². The van der Waals surface area contributed by atoms with E-state index >= 15 is 0 Å². The molecule has 0 aliphatic carbocycles. The first-order valence-corrected chi connectivity index (χ1v) is 11.7. The molecule has 4 rings (SSSR count). The molecule has 4 aromatic rings. The first-order chi connectivity index (χ1) is 17.0. The number of aromatic carboxylic acids is 1. The lowest BCUT2D eigenvalue weighted by Gasteiger charge is -2.25. The molecule has 4 N–H and O–H groups in total. The number of pyridine rings is 2. The summed E-state index contributed by atoms with van der Waals surface area (Å²) in [5, 5.41) is 13.3. The summed E-state index contributed by atoms with van der Waals surface area (Å²) in [6, 6.07) is 16.6. The minimum Gasteiger partial charge on any atom is -0.492 e. The molecule has 36 heavy (non-hydrogen) atoms. The van der Waals surface area contributed by atoms with Crippen LogP contribution in [0.25, 0.3) is 21.8 Å². The monoisotopic (exact) mass is 488 g/mol. The normalized spacial score (nSPS) is 11.2. The number of hydrogen-bond donors (Lipinski definition) is 3. The Morgan fingerprint density at radius 1 is 1.08 bits per heavy atom. The van der Waals surface area contributed by atoms with Gasteiger partial charge >= 0.3 is 5.97 Å². The highest BCUT2D eigenvalue weighted by molar-refractivity contribution is 5.95. The van der Waals surface area contributed by atoms with E-state index in [0.717, 1.165) is 27.5 Å². The summed E-state index contributed by atoms with van der Waals surface area (Å²) in [6.45, 7) is 9.77. The van der Waals surface area contributed by atoms with Crippen molar-refractivity contribution in [3.8, 4) is 5.75 Å². The van der Waals surface area contributed by atoms with Gasteiger partial charge in [-0.2, -0.15) is 0 Å². The van der Waals surface area contributed by atoms with Crippen LogP contribution in [-0.2, 0) is 4.79 Å². The summed E-state index contributed by atoms with van der Waals surface area (Å²) in [4.78, 5) is 31.3. The molecule has 2 aromatic heterocycles. The fourth-order valence-corrected chi connectivity index (χ4v) is 3.51. The maximum atomic E-state index is 12.2. The number of hydrogen-bond acceptors (Lipinski definition) is 6. The summed E-state index contributed by atoms with van der Waals surface area (Å²) < 4.78 is 5.93. The summed E-state index contributed by atoms with van der Waals surface area (Å²) in [7, 11) is 0. The number of aryl methyl sites for hydroxylation is 1. The number of nitrogen functional groups attached to an aromatic ring is 1. The average Bonchev–Trinajstić information content (AvgIpc) is 2.82.